The molecule has 4 fully saturated rings. The summed E-state index contributed by atoms with van der Waals surface area (Å²) in [5, 5.41) is 22.1. The number of piperidine rings is 4. The number of anilines is 4. The quantitative estimate of drug-likeness (QED) is 0.0522. The Balaban J connectivity index is 0.000000135. The second-order valence-corrected chi connectivity index (χ2v) is 37.1. The van der Waals surface area contributed by atoms with Gasteiger partial charge in [0.25, 0.3) is 11.4 Å². The number of non-ortho nitro benzene ring substituents is 2. The number of ether oxygens (including phenoxy) is 4. The number of para-hydroxylation sites is 3. The number of sulfonamides is 4. The second kappa shape index (κ2) is 34.9. The molecule has 115 heavy (non-hydrogen) atoms. The van der Waals surface area contributed by atoms with Crippen molar-refractivity contribution in [1.82, 2.24) is 17.2 Å². The van der Waals surface area contributed by atoms with Crippen molar-refractivity contribution < 1.29 is 81.6 Å². The van der Waals surface area contributed by atoms with Crippen LogP contribution in [0.5, 0.6) is 0 Å². The maximum Gasteiger partial charge on any atom is 0.414 e. The van der Waals surface area contributed by atoms with Gasteiger partial charge in [-0.05, 0) is 155 Å². The lowest BCUT2D eigenvalue weighted by Gasteiger charge is -2.40. The van der Waals surface area contributed by atoms with Crippen LogP contribution in [0.1, 0.15) is 91.7 Å². The Labute approximate surface area is 671 Å². The molecule has 0 unspecified atom stereocenters. The molecule has 0 spiro atoms. The molecule has 0 atom stereocenters. The topological polar surface area (TPSA) is 354 Å². The first kappa shape index (κ1) is 82.5. The van der Waals surface area contributed by atoms with Gasteiger partial charge < -0.3 is 18.9 Å². The molecule has 0 N–H and O–H groups in total. The monoisotopic (exact) mass is 1670 g/mol. The number of amides is 4. The first-order valence-electron chi connectivity index (χ1n) is 37.5. The van der Waals surface area contributed by atoms with Crippen LogP contribution in [0.3, 0.4) is 0 Å². The summed E-state index contributed by atoms with van der Waals surface area (Å²) >= 11 is 6.03. The molecule has 8 heterocycles. The molecule has 0 saturated carbocycles. The van der Waals surface area contributed by atoms with E-state index in [1.807, 2.05) is 117 Å². The number of cyclic esters (lactones) is 4. The summed E-state index contributed by atoms with van der Waals surface area (Å²) < 4.78 is 129. The number of halogens is 1. The number of nitro groups is 2. The van der Waals surface area contributed by atoms with Gasteiger partial charge in [0.05, 0.1) is 53.0 Å². The van der Waals surface area contributed by atoms with Crippen LogP contribution in [0, 0.1) is 34.1 Å². The molecule has 4 amide bonds. The van der Waals surface area contributed by atoms with Crippen molar-refractivity contribution in [3.63, 3.8) is 0 Å². The minimum absolute atomic E-state index is 0.00363. The van der Waals surface area contributed by atoms with Crippen molar-refractivity contribution in [3.05, 3.63) is 241 Å². The van der Waals surface area contributed by atoms with Crippen LogP contribution in [0.2, 0.25) is 5.02 Å². The van der Waals surface area contributed by atoms with E-state index in [1.54, 1.807) is 56.9 Å². The SMILES string of the molecule is CCS(=O)(=O)N1CCC(N2C(=O)OCc3ccccc32)CC1.Cc1cccc2c1N(C1CCN(S(=O)(=O)c3ccc(-c4ccccc4)cc3)CC1)C(=O)OC2.Cc1cccc2c1N(C1CCN(S(=O)(=O)c3ccc([N+](=O)[O-])cc3)CC1)C(=O)OC2.O=C1OCc2cc(Cl)ccc2N1C1CCN(S(=O)(=O)c2ccc([N+](=O)[O-])cc2)CC1. The number of fused-ring (bicyclic) bond motifs is 4. The van der Waals surface area contributed by atoms with Gasteiger partial charge in [-0.1, -0.05) is 109 Å². The third-order valence-corrected chi connectivity index (χ3v) is 29.6. The smallest absolute Gasteiger partial charge is 0.414 e. The van der Waals surface area contributed by atoms with Gasteiger partial charge in [-0.2, -0.15) is 12.9 Å². The zero-order chi connectivity index (χ0) is 81.7. The zero-order valence-corrected chi connectivity index (χ0v) is 67.1. The Hall–Kier alpha value is -10.4. The van der Waals surface area contributed by atoms with Gasteiger partial charge in [-0.25, -0.2) is 57.2 Å². The highest BCUT2D eigenvalue weighted by molar-refractivity contribution is 7.90. The zero-order valence-electron chi connectivity index (χ0n) is 63.1. The highest BCUT2D eigenvalue weighted by Gasteiger charge is 2.43. The molecule has 0 bridgehead atoms. The average molecular weight is 1670 g/mol. The van der Waals surface area contributed by atoms with Gasteiger partial charge in [-0.15, -0.1) is 0 Å². The fourth-order valence-electron chi connectivity index (χ4n) is 15.7. The number of nitro benzene ring substituents is 2. The summed E-state index contributed by atoms with van der Waals surface area (Å²) in [5.41, 5.74) is 10.8. The number of aryl methyl sites for hydroxylation is 2. The average Bonchev–Trinajstić information content (AvgIpc) is 0.777. The molecule has 8 aromatic carbocycles. The van der Waals surface area contributed by atoms with E-state index in [-0.39, 0.29) is 109 Å². The van der Waals surface area contributed by atoms with E-state index in [0.29, 0.717) is 94.1 Å². The highest BCUT2D eigenvalue weighted by Crippen LogP contribution is 2.41. The number of carbonyl (C=O) groups is 4. The third kappa shape index (κ3) is 17.9. The number of carbonyl (C=O) groups excluding carboxylic acids is 4. The Morgan fingerprint density at radius 2 is 0.696 bits per heavy atom. The van der Waals surface area contributed by atoms with Crippen molar-refractivity contribution >= 4 is 110 Å². The Morgan fingerprint density at radius 3 is 1.10 bits per heavy atom. The molecule has 8 aromatic rings. The molecule has 0 radical (unpaired) electrons. The number of hydrogen-bond donors (Lipinski definition) is 0. The number of benzene rings is 8. The molecule has 0 aliphatic carbocycles. The first-order valence-corrected chi connectivity index (χ1v) is 43.8. The molecule has 606 valence electrons. The van der Waals surface area contributed by atoms with Gasteiger partial charge in [0.1, 0.15) is 26.4 Å². The van der Waals surface area contributed by atoms with E-state index in [0.717, 1.165) is 67.3 Å². The van der Waals surface area contributed by atoms with E-state index in [9.17, 15) is 73.1 Å². The lowest BCUT2D eigenvalue weighted by atomic mass is 10.00. The first-order chi connectivity index (χ1) is 55.0. The summed E-state index contributed by atoms with van der Waals surface area (Å²) in [7, 11) is -14.3. The fourth-order valence-corrected chi connectivity index (χ4v) is 21.4. The predicted octanol–water partition coefficient (Wildman–Crippen LogP) is 13.7. The Kier molecular flexibility index (Phi) is 25.1. The lowest BCUT2D eigenvalue weighted by Crippen LogP contribution is -2.50. The number of nitrogens with zero attached hydrogens (tertiary/aromatic N) is 10. The summed E-state index contributed by atoms with van der Waals surface area (Å²) in [5.74, 6) is 0.117. The molecule has 8 aliphatic rings. The van der Waals surface area contributed by atoms with E-state index in [4.69, 9.17) is 30.5 Å². The second-order valence-electron chi connectivity index (χ2n) is 28.6. The van der Waals surface area contributed by atoms with Gasteiger partial charge in [0, 0.05) is 128 Å². The van der Waals surface area contributed by atoms with E-state index >= 15 is 0 Å². The molecule has 0 aromatic heterocycles. The molecule has 30 nitrogen and oxygen atoms in total. The van der Waals surface area contributed by atoms with Crippen LogP contribution in [0.4, 0.5) is 53.3 Å². The third-order valence-electron chi connectivity index (χ3n) is 21.8. The maximum atomic E-state index is 13.3. The number of hydrogen-bond acceptors (Lipinski definition) is 20. The van der Waals surface area contributed by atoms with Crippen LogP contribution in [-0.4, -0.2) is 167 Å². The van der Waals surface area contributed by atoms with Crippen LogP contribution in [0.15, 0.2) is 197 Å². The van der Waals surface area contributed by atoms with Gasteiger partial charge in [0.15, 0.2) is 0 Å². The van der Waals surface area contributed by atoms with Gasteiger partial charge in [0.2, 0.25) is 40.1 Å². The molecular formula is C80H85ClN10O20S4. The molecule has 8 aliphatic heterocycles. The summed E-state index contributed by atoms with van der Waals surface area (Å²) in [6.07, 6.45) is 2.62. The van der Waals surface area contributed by atoms with E-state index in [2.05, 4.69) is 0 Å². The van der Waals surface area contributed by atoms with Crippen molar-refractivity contribution in [2.75, 3.05) is 77.7 Å². The van der Waals surface area contributed by atoms with Crippen LogP contribution < -0.4 is 19.6 Å². The van der Waals surface area contributed by atoms with Crippen LogP contribution in [-0.2, 0) is 85.5 Å². The fraction of sp³-hybridized carbons (Fsp3) is 0.350. The van der Waals surface area contributed by atoms with Gasteiger partial charge >= 0.3 is 24.4 Å². The summed E-state index contributed by atoms with van der Waals surface area (Å²) in [6, 6.07) is 50.8. The van der Waals surface area contributed by atoms with Gasteiger partial charge in [-0.3, -0.25) is 39.8 Å². The highest BCUT2D eigenvalue weighted by atomic mass is 35.5. The largest absolute Gasteiger partial charge is 0.444 e. The standard InChI is InChI=1S/C26H26N2O4S.C20H21N3O6S.C19H18ClN3O6S.C15H20N2O4S/c1-19-6-5-9-22-18-32-26(29)28(25(19)22)23-14-16-27(17-15-23)33(30,31)24-12-10-21(11-13-24)20-7-3-2-4-8-20;1-14-3-2-4-15-13-29-20(24)22(19(14)15)16-9-11-21(12-10-16)30(27,28)18-7-5-17(6-8-18)23(25)26;20-14-1-6-18-13(11-14)12-29-19(24)22(18)15-7-9-21(10-8-15)30(27,28)17-4-2-16(3-5-17)23(25)26;1-2-22(19,20)16-9-7-13(8-10-16)17-14-6-4-3-5-12(14)11-21-15(17)18/h2-13,23H,14-18H2,1H3;2-8,16H,9-13H2,1H3;1-6,11,15H,7-10,12H2;3-6,13H,2,7-11H2,1H3. The van der Waals surface area contributed by atoms with Crippen molar-refractivity contribution in [2.24, 2.45) is 0 Å². The summed E-state index contributed by atoms with van der Waals surface area (Å²) in [4.78, 5) is 77.1. The van der Waals surface area contributed by atoms with Crippen LogP contribution in [0.25, 0.3) is 11.1 Å². The van der Waals surface area contributed by atoms with Crippen LogP contribution >= 0.6 is 11.6 Å². The minimum Gasteiger partial charge on any atom is -0.444 e. The molecule has 35 heteroatoms. The molecule has 4 saturated heterocycles. The van der Waals surface area contributed by atoms with Crippen molar-refractivity contribution in [1.29, 1.82) is 0 Å². The normalized spacial score (nSPS) is 18.4. The summed E-state index contributed by atoms with van der Waals surface area (Å²) in [6.45, 7) is 9.10. The Bertz CT molecular complexity index is 5450. The minimum atomic E-state index is -3.78. The van der Waals surface area contributed by atoms with Crippen molar-refractivity contribution in [2.45, 2.75) is 137 Å². The molecular weight excluding hydrogens is 1580 g/mol. The Morgan fingerprint density at radius 1 is 0.374 bits per heavy atom. The predicted molar refractivity (Wildman–Crippen MR) is 428 cm³/mol. The lowest BCUT2D eigenvalue weighted by molar-refractivity contribution is -0.385. The van der Waals surface area contributed by atoms with Crippen molar-refractivity contribution in [3.8, 4) is 11.1 Å². The van der Waals surface area contributed by atoms with E-state index < -0.39 is 62.1 Å². The van der Waals surface area contributed by atoms with E-state index in [1.165, 1.54) is 65.8 Å². The molecule has 16 rings (SSSR count). The number of rotatable bonds is 15. The maximum absolute atomic E-state index is 13.3.